The standard InChI is InChI=1S/C14H14BrN3O/c1-9-2-3-11(7-13(9)15)18-14(19)10-4-5-17-12(6-10)8-16/h2-7H,8,16H2,1H3,(H,18,19). The van der Waals surface area contributed by atoms with Crippen molar-refractivity contribution >= 4 is 27.5 Å². The first-order chi connectivity index (χ1) is 9.10. The Hall–Kier alpha value is -1.72. The first kappa shape index (κ1) is 13.7. The number of nitrogens with zero attached hydrogens (tertiary/aromatic N) is 1. The lowest BCUT2D eigenvalue weighted by Crippen LogP contribution is -2.13. The van der Waals surface area contributed by atoms with E-state index in [0.29, 0.717) is 17.8 Å². The van der Waals surface area contributed by atoms with Crippen LogP contribution in [0.2, 0.25) is 0 Å². The van der Waals surface area contributed by atoms with Crippen molar-refractivity contribution in [3.63, 3.8) is 0 Å². The van der Waals surface area contributed by atoms with Gasteiger partial charge in [-0.1, -0.05) is 22.0 Å². The maximum absolute atomic E-state index is 12.1. The van der Waals surface area contributed by atoms with Crippen LogP contribution < -0.4 is 11.1 Å². The Morgan fingerprint density at radius 2 is 2.16 bits per heavy atom. The fraction of sp³-hybridized carbons (Fsp3) is 0.143. The summed E-state index contributed by atoms with van der Waals surface area (Å²) in [5.74, 6) is -0.173. The second-order valence-electron chi connectivity index (χ2n) is 4.16. The van der Waals surface area contributed by atoms with E-state index in [1.807, 2.05) is 25.1 Å². The summed E-state index contributed by atoms with van der Waals surface area (Å²) in [4.78, 5) is 16.1. The molecule has 98 valence electrons. The third-order valence-corrected chi connectivity index (χ3v) is 3.57. The molecule has 1 heterocycles. The van der Waals surface area contributed by atoms with Gasteiger partial charge in [0, 0.05) is 28.5 Å². The Balaban J connectivity index is 2.18. The van der Waals surface area contributed by atoms with Gasteiger partial charge in [0.1, 0.15) is 0 Å². The molecule has 0 aliphatic carbocycles. The number of pyridine rings is 1. The number of halogens is 1. The molecule has 2 rings (SSSR count). The van der Waals surface area contributed by atoms with Gasteiger partial charge in [-0.15, -0.1) is 0 Å². The summed E-state index contributed by atoms with van der Waals surface area (Å²) in [5.41, 5.74) is 8.61. The van der Waals surface area contributed by atoms with E-state index in [4.69, 9.17) is 5.73 Å². The van der Waals surface area contributed by atoms with Crippen molar-refractivity contribution in [2.45, 2.75) is 13.5 Å². The van der Waals surface area contributed by atoms with Crippen LogP contribution in [0, 0.1) is 6.92 Å². The molecule has 0 radical (unpaired) electrons. The van der Waals surface area contributed by atoms with E-state index in [9.17, 15) is 4.79 Å². The molecule has 0 bridgehead atoms. The fourth-order valence-electron chi connectivity index (χ4n) is 1.60. The second-order valence-corrected chi connectivity index (χ2v) is 5.01. The molecule has 0 saturated carbocycles. The smallest absolute Gasteiger partial charge is 0.255 e. The van der Waals surface area contributed by atoms with Crippen molar-refractivity contribution in [2.75, 3.05) is 5.32 Å². The highest BCUT2D eigenvalue weighted by atomic mass is 79.9. The highest BCUT2D eigenvalue weighted by Crippen LogP contribution is 2.21. The van der Waals surface area contributed by atoms with Crippen LogP contribution in [0.25, 0.3) is 0 Å². The molecule has 0 aliphatic heterocycles. The lowest BCUT2D eigenvalue weighted by atomic mass is 10.2. The van der Waals surface area contributed by atoms with E-state index in [1.165, 1.54) is 0 Å². The van der Waals surface area contributed by atoms with Crippen molar-refractivity contribution in [3.05, 3.63) is 57.8 Å². The minimum Gasteiger partial charge on any atom is -0.325 e. The number of anilines is 1. The molecule has 1 amide bonds. The largest absolute Gasteiger partial charge is 0.325 e. The average molecular weight is 320 g/mol. The highest BCUT2D eigenvalue weighted by Gasteiger charge is 2.07. The zero-order chi connectivity index (χ0) is 13.8. The molecule has 0 saturated heterocycles. The van der Waals surface area contributed by atoms with Crippen LogP contribution in [0.1, 0.15) is 21.6 Å². The van der Waals surface area contributed by atoms with Gasteiger partial charge < -0.3 is 11.1 Å². The van der Waals surface area contributed by atoms with Gasteiger partial charge in [0.15, 0.2) is 0 Å². The highest BCUT2D eigenvalue weighted by molar-refractivity contribution is 9.10. The predicted molar refractivity (Wildman–Crippen MR) is 79.0 cm³/mol. The lowest BCUT2D eigenvalue weighted by molar-refractivity contribution is 0.102. The number of aryl methyl sites for hydroxylation is 1. The summed E-state index contributed by atoms with van der Waals surface area (Å²) < 4.78 is 0.961. The van der Waals surface area contributed by atoms with Crippen LogP contribution in [-0.2, 0) is 6.54 Å². The maximum atomic E-state index is 12.1. The number of benzene rings is 1. The molecule has 0 aliphatic rings. The summed E-state index contributed by atoms with van der Waals surface area (Å²) in [6.07, 6.45) is 1.59. The van der Waals surface area contributed by atoms with Crippen molar-refractivity contribution in [1.82, 2.24) is 4.98 Å². The van der Waals surface area contributed by atoms with Gasteiger partial charge >= 0.3 is 0 Å². The molecular formula is C14H14BrN3O. The van der Waals surface area contributed by atoms with Gasteiger partial charge in [0.05, 0.1) is 5.69 Å². The minimum atomic E-state index is -0.173. The second kappa shape index (κ2) is 5.95. The fourth-order valence-corrected chi connectivity index (χ4v) is 1.98. The molecule has 0 atom stereocenters. The Morgan fingerprint density at radius 3 is 2.84 bits per heavy atom. The number of carbonyl (C=O) groups is 1. The van der Waals surface area contributed by atoms with Crippen LogP contribution >= 0.6 is 15.9 Å². The summed E-state index contributed by atoms with van der Waals surface area (Å²) in [5, 5.41) is 2.84. The van der Waals surface area contributed by atoms with Crippen molar-refractivity contribution in [1.29, 1.82) is 0 Å². The average Bonchev–Trinajstić information content (AvgIpc) is 2.43. The molecule has 0 spiro atoms. The van der Waals surface area contributed by atoms with E-state index in [0.717, 1.165) is 15.7 Å². The van der Waals surface area contributed by atoms with Crippen molar-refractivity contribution < 1.29 is 4.79 Å². The molecule has 3 N–H and O–H groups in total. The number of hydrogen-bond acceptors (Lipinski definition) is 3. The van der Waals surface area contributed by atoms with Crippen LogP contribution in [-0.4, -0.2) is 10.9 Å². The Labute approximate surface area is 120 Å². The molecule has 0 unspecified atom stereocenters. The van der Waals surface area contributed by atoms with Crippen molar-refractivity contribution in [3.8, 4) is 0 Å². The summed E-state index contributed by atoms with van der Waals surface area (Å²) in [7, 11) is 0. The number of carbonyl (C=O) groups excluding carboxylic acids is 1. The quantitative estimate of drug-likeness (QED) is 0.914. The van der Waals surface area contributed by atoms with E-state index >= 15 is 0 Å². The predicted octanol–water partition coefficient (Wildman–Crippen LogP) is 2.86. The maximum Gasteiger partial charge on any atom is 0.255 e. The van der Waals surface area contributed by atoms with E-state index < -0.39 is 0 Å². The number of nitrogens with two attached hydrogens (primary N) is 1. The zero-order valence-electron chi connectivity index (χ0n) is 10.5. The number of rotatable bonds is 3. The third kappa shape index (κ3) is 3.39. The zero-order valence-corrected chi connectivity index (χ0v) is 12.1. The van der Waals surface area contributed by atoms with Gasteiger partial charge in [0.25, 0.3) is 5.91 Å². The molecule has 4 nitrogen and oxygen atoms in total. The first-order valence-corrected chi connectivity index (χ1v) is 6.62. The molecule has 1 aromatic carbocycles. The van der Waals surface area contributed by atoms with Crippen LogP contribution in [0.15, 0.2) is 41.0 Å². The lowest BCUT2D eigenvalue weighted by Gasteiger charge is -2.07. The number of nitrogens with one attached hydrogen (secondary N) is 1. The molecule has 2 aromatic rings. The summed E-state index contributed by atoms with van der Waals surface area (Å²) in [6, 6.07) is 9.04. The third-order valence-electron chi connectivity index (χ3n) is 2.72. The molecule has 1 aromatic heterocycles. The van der Waals surface area contributed by atoms with Crippen LogP contribution in [0.4, 0.5) is 5.69 Å². The molecular weight excluding hydrogens is 306 g/mol. The van der Waals surface area contributed by atoms with Crippen LogP contribution in [0.5, 0.6) is 0 Å². The van der Waals surface area contributed by atoms with Gasteiger partial charge in [-0.25, -0.2) is 0 Å². The Morgan fingerprint density at radius 1 is 1.37 bits per heavy atom. The first-order valence-electron chi connectivity index (χ1n) is 5.82. The number of amides is 1. The topological polar surface area (TPSA) is 68.0 Å². The van der Waals surface area contributed by atoms with Gasteiger partial charge in [0.2, 0.25) is 0 Å². The molecule has 5 heteroatoms. The van der Waals surface area contributed by atoms with Crippen molar-refractivity contribution in [2.24, 2.45) is 5.73 Å². The van der Waals surface area contributed by atoms with E-state index in [2.05, 4.69) is 26.2 Å². The number of hydrogen-bond donors (Lipinski definition) is 2. The number of aromatic nitrogens is 1. The Kier molecular flexibility index (Phi) is 4.29. The van der Waals surface area contributed by atoms with E-state index in [1.54, 1.807) is 18.3 Å². The molecule has 0 fully saturated rings. The summed E-state index contributed by atoms with van der Waals surface area (Å²) >= 11 is 3.44. The van der Waals surface area contributed by atoms with Gasteiger partial charge in [-0.3, -0.25) is 9.78 Å². The SMILES string of the molecule is Cc1ccc(NC(=O)c2ccnc(CN)c2)cc1Br. The van der Waals surface area contributed by atoms with Gasteiger partial charge in [-0.05, 0) is 36.8 Å². The Bertz CT molecular complexity index is 613. The minimum absolute atomic E-state index is 0.173. The van der Waals surface area contributed by atoms with Crippen LogP contribution in [0.3, 0.4) is 0 Å². The summed E-state index contributed by atoms with van der Waals surface area (Å²) in [6.45, 7) is 2.31. The van der Waals surface area contributed by atoms with E-state index in [-0.39, 0.29) is 5.91 Å². The normalized spacial score (nSPS) is 10.3. The monoisotopic (exact) mass is 319 g/mol. The molecule has 19 heavy (non-hydrogen) atoms. The van der Waals surface area contributed by atoms with Gasteiger partial charge in [-0.2, -0.15) is 0 Å².